The van der Waals surface area contributed by atoms with E-state index in [9.17, 15) is 28.6 Å². The van der Waals surface area contributed by atoms with Gasteiger partial charge >= 0.3 is 6.03 Å². The number of anilines is 1. The van der Waals surface area contributed by atoms with Crippen LogP contribution in [-0.2, 0) is 22.5 Å². The molecule has 3 amide bonds. The van der Waals surface area contributed by atoms with Crippen LogP contribution in [0.5, 0.6) is 0 Å². The van der Waals surface area contributed by atoms with Gasteiger partial charge in [-0.3, -0.25) is 10.1 Å². The zero-order valence-corrected chi connectivity index (χ0v) is 23.5. The summed E-state index contributed by atoms with van der Waals surface area (Å²) in [5.41, 5.74) is -0.190. The second-order valence-electron chi connectivity index (χ2n) is 11.6. The maximum atomic E-state index is 13.6. The monoisotopic (exact) mass is 578 g/mol. The molecule has 1 saturated carbocycles. The molecule has 5 unspecified atom stereocenters. The fourth-order valence-corrected chi connectivity index (χ4v) is 7.87. The van der Waals surface area contributed by atoms with Gasteiger partial charge in [0.05, 0.1) is 31.6 Å². The lowest BCUT2D eigenvalue weighted by atomic mass is 9.47. The fourth-order valence-electron chi connectivity index (χ4n) is 6.81. The number of nitrogens with zero attached hydrogens (tertiary/aromatic N) is 2. The third-order valence-corrected chi connectivity index (χ3v) is 10.2. The largest absolute Gasteiger partial charge is 0.396 e. The summed E-state index contributed by atoms with van der Waals surface area (Å²) in [6, 6.07) is 2.88. The lowest BCUT2D eigenvalue weighted by Gasteiger charge is -2.58. The lowest BCUT2D eigenvalue weighted by molar-refractivity contribution is -0.144. The highest BCUT2D eigenvalue weighted by atomic mass is 32.1. The van der Waals surface area contributed by atoms with Crippen molar-refractivity contribution < 1.29 is 33.3 Å². The molecule has 4 N–H and O–H groups in total. The molecule has 1 aliphatic heterocycles. The molecular formula is C28H36F2N4O5S. The van der Waals surface area contributed by atoms with E-state index in [1.165, 1.54) is 23.5 Å². The first kappa shape index (κ1) is 28.8. The molecule has 5 rings (SSSR count). The summed E-state index contributed by atoms with van der Waals surface area (Å²) < 4.78 is 32.6. The average molecular weight is 579 g/mol. The van der Waals surface area contributed by atoms with Gasteiger partial charge in [0, 0.05) is 48.3 Å². The predicted molar refractivity (Wildman–Crippen MR) is 145 cm³/mol. The molecule has 1 aromatic carbocycles. The molecule has 5 atom stereocenters. The minimum Gasteiger partial charge on any atom is -0.396 e. The predicted octanol–water partition coefficient (Wildman–Crippen LogP) is 3.41. The van der Waals surface area contributed by atoms with Crippen LogP contribution in [0.15, 0.2) is 18.2 Å². The van der Waals surface area contributed by atoms with Crippen LogP contribution < -0.4 is 10.6 Å². The number of aromatic nitrogens is 1. The van der Waals surface area contributed by atoms with Gasteiger partial charge in [0.1, 0.15) is 11.6 Å². The number of hydrogen-bond donors (Lipinski definition) is 4. The van der Waals surface area contributed by atoms with E-state index in [1.54, 1.807) is 4.90 Å². The van der Waals surface area contributed by atoms with Crippen LogP contribution in [0.4, 0.5) is 18.7 Å². The highest BCUT2D eigenvalue weighted by Crippen LogP contribution is 2.62. The first-order valence-electron chi connectivity index (χ1n) is 13.7. The van der Waals surface area contributed by atoms with Crippen molar-refractivity contribution in [3.8, 4) is 0 Å². The number of ether oxygens (including phenoxy) is 1. The molecule has 9 nitrogen and oxygen atoms in total. The van der Waals surface area contributed by atoms with Crippen LogP contribution in [0.2, 0.25) is 0 Å². The highest BCUT2D eigenvalue weighted by molar-refractivity contribution is 7.15. The van der Waals surface area contributed by atoms with Crippen molar-refractivity contribution in [3.63, 3.8) is 0 Å². The zero-order chi connectivity index (χ0) is 28.7. The average Bonchev–Trinajstić information content (AvgIpc) is 3.33. The Morgan fingerprint density at radius 2 is 1.90 bits per heavy atom. The van der Waals surface area contributed by atoms with Crippen molar-refractivity contribution >= 4 is 28.4 Å². The van der Waals surface area contributed by atoms with Crippen molar-refractivity contribution in [1.82, 2.24) is 15.2 Å². The van der Waals surface area contributed by atoms with Gasteiger partial charge in [-0.15, -0.1) is 11.3 Å². The minimum absolute atomic E-state index is 0.0295. The Morgan fingerprint density at radius 3 is 2.58 bits per heavy atom. The maximum Gasteiger partial charge on any atom is 0.323 e. The normalized spacial score (nSPS) is 29.9. The molecule has 218 valence electrons. The van der Waals surface area contributed by atoms with E-state index in [-0.39, 0.29) is 43.3 Å². The number of fused-ring (bicyclic) bond motifs is 2. The standard InChI is InChI=1S/C28H36F2N4O5S/c1-27-4-3-22(36)28(2,15-35)21(27)13-20-24(32-25(40-20)33-26(38)34-5-7-39-8-6-34)19(27)12-23(37)31-14-16-9-17(29)11-18(30)10-16/h9-11,19,21-22,35-36H,3-8,12-15H2,1-2H3,(H,31,37)(H,32,33,38). The molecule has 0 radical (unpaired) electrons. The van der Waals surface area contributed by atoms with Crippen LogP contribution in [0.1, 0.15) is 55.2 Å². The van der Waals surface area contributed by atoms with E-state index in [0.29, 0.717) is 56.3 Å². The Balaban J connectivity index is 1.42. The van der Waals surface area contributed by atoms with Crippen LogP contribution in [0.25, 0.3) is 0 Å². The van der Waals surface area contributed by atoms with Crippen molar-refractivity contribution in [2.45, 2.75) is 58.1 Å². The number of aliphatic hydroxyl groups is 2. The Hall–Kier alpha value is -2.67. The van der Waals surface area contributed by atoms with Gasteiger partial charge < -0.3 is 25.2 Å². The number of urea groups is 1. The Labute approximate surface area is 235 Å². The Bertz CT molecular complexity index is 1250. The molecule has 12 heteroatoms. The van der Waals surface area contributed by atoms with Crippen molar-refractivity contribution in [2.24, 2.45) is 16.7 Å². The molecule has 40 heavy (non-hydrogen) atoms. The highest BCUT2D eigenvalue weighted by Gasteiger charge is 2.59. The lowest BCUT2D eigenvalue weighted by Crippen LogP contribution is -2.57. The summed E-state index contributed by atoms with van der Waals surface area (Å²) in [6.07, 6.45) is 1.04. The molecule has 2 fully saturated rings. The summed E-state index contributed by atoms with van der Waals surface area (Å²) in [5.74, 6) is -2.22. The summed E-state index contributed by atoms with van der Waals surface area (Å²) in [7, 11) is 0. The van der Waals surface area contributed by atoms with Crippen LogP contribution in [-0.4, -0.2) is 71.0 Å². The number of carbonyl (C=O) groups excluding carboxylic acids is 2. The third-order valence-electron chi connectivity index (χ3n) is 9.21. The number of amides is 3. The van der Waals surface area contributed by atoms with Gasteiger partial charge in [0.15, 0.2) is 5.13 Å². The minimum atomic E-state index is -0.778. The van der Waals surface area contributed by atoms with E-state index in [1.807, 2.05) is 6.92 Å². The van der Waals surface area contributed by atoms with E-state index < -0.39 is 28.6 Å². The second kappa shape index (κ2) is 11.3. The molecule has 0 spiro atoms. The van der Waals surface area contributed by atoms with Crippen molar-refractivity contribution in [2.75, 3.05) is 38.2 Å². The number of thiazole rings is 1. The number of hydrogen-bond acceptors (Lipinski definition) is 7. The van der Waals surface area contributed by atoms with Gasteiger partial charge in [-0.2, -0.15) is 0 Å². The first-order valence-corrected chi connectivity index (χ1v) is 14.5. The van der Waals surface area contributed by atoms with Crippen molar-refractivity contribution in [3.05, 3.63) is 46.0 Å². The Morgan fingerprint density at radius 1 is 1.20 bits per heavy atom. The smallest absolute Gasteiger partial charge is 0.323 e. The van der Waals surface area contributed by atoms with Gasteiger partial charge in [-0.25, -0.2) is 18.6 Å². The number of carbonyl (C=O) groups is 2. The topological polar surface area (TPSA) is 124 Å². The third kappa shape index (κ3) is 5.46. The number of morpholine rings is 1. The van der Waals surface area contributed by atoms with Gasteiger partial charge in [-0.1, -0.05) is 13.8 Å². The summed E-state index contributed by atoms with van der Waals surface area (Å²) in [5, 5.41) is 27.5. The number of benzene rings is 1. The number of rotatable bonds is 6. The molecular weight excluding hydrogens is 542 g/mol. The van der Waals surface area contributed by atoms with Crippen LogP contribution in [0.3, 0.4) is 0 Å². The first-order chi connectivity index (χ1) is 19.0. The Kier molecular flexibility index (Phi) is 8.15. The molecule has 0 bridgehead atoms. The molecule has 2 heterocycles. The number of nitrogens with one attached hydrogen (secondary N) is 2. The maximum absolute atomic E-state index is 13.6. The molecule has 1 saturated heterocycles. The van der Waals surface area contributed by atoms with E-state index in [2.05, 4.69) is 17.6 Å². The zero-order valence-electron chi connectivity index (χ0n) is 22.7. The SMILES string of the molecule is CC1(CO)C(O)CCC2(C)C(CC(=O)NCc3cc(F)cc(F)c3)c3nc(NC(=O)N4CCOCC4)sc3CC12. The van der Waals surface area contributed by atoms with Gasteiger partial charge in [0.2, 0.25) is 5.91 Å². The van der Waals surface area contributed by atoms with E-state index in [0.717, 1.165) is 16.6 Å². The molecule has 2 aromatic rings. The number of aliphatic hydroxyl groups excluding tert-OH is 2. The van der Waals surface area contributed by atoms with Crippen molar-refractivity contribution in [1.29, 1.82) is 0 Å². The molecule has 3 aliphatic rings. The van der Waals surface area contributed by atoms with Crippen LogP contribution in [0, 0.1) is 28.4 Å². The van der Waals surface area contributed by atoms with E-state index >= 15 is 0 Å². The summed E-state index contributed by atoms with van der Waals surface area (Å²) >= 11 is 1.36. The molecule has 1 aromatic heterocycles. The van der Waals surface area contributed by atoms with Crippen LogP contribution >= 0.6 is 11.3 Å². The second-order valence-corrected chi connectivity index (χ2v) is 12.7. The molecule has 2 aliphatic carbocycles. The summed E-state index contributed by atoms with van der Waals surface area (Å²) in [6.45, 7) is 5.68. The van der Waals surface area contributed by atoms with E-state index in [4.69, 9.17) is 9.72 Å². The fraction of sp³-hybridized carbons (Fsp3) is 0.607. The van der Waals surface area contributed by atoms with Gasteiger partial charge in [-0.05, 0) is 48.3 Å². The van der Waals surface area contributed by atoms with Gasteiger partial charge in [0.25, 0.3) is 0 Å². The quantitative estimate of drug-likeness (QED) is 0.417. The summed E-state index contributed by atoms with van der Waals surface area (Å²) in [4.78, 5) is 33.5. The number of halogens is 2.